The molecule has 0 atom stereocenters. The quantitative estimate of drug-likeness (QED) is 0.603. The van der Waals surface area contributed by atoms with Crippen LogP contribution < -0.4 is 9.64 Å². The fourth-order valence-corrected chi connectivity index (χ4v) is 4.89. The highest BCUT2D eigenvalue weighted by Gasteiger charge is 2.30. The Bertz CT molecular complexity index is 1210. The third kappa shape index (κ3) is 2.91. The predicted octanol–water partition coefficient (Wildman–Crippen LogP) is 4.89. The van der Waals surface area contributed by atoms with Crippen LogP contribution in [0, 0.1) is 0 Å². The SMILES string of the molecule is O=Cc1cc2c3c(c1Oc1nc4ccccc4c(Cl)c1C(=O)O)CCCN3CCC2. The molecular formula is C23H19ClN2O4. The molecule has 0 saturated carbocycles. The fraction of sp³-hybridized carbons (Fsp3) is 0.261. The minimum absolute atomic E-state index is 0.0731. The van der Waals surface area contributed by atoms with Gasteiger partial charge in [-0.15, -0.1) is 0 Å². The van der Waals surface area contributed by atoms with E-state index >= 15 is 0 Å². The van der Waals surface area contributed by atoms with Crippen LogP contribution in [0.5, 0.6) is 11.6 Å². The molecule has 3 heterocycles. The highest BCUT2D eigenvalue weighted by Crippen LogP contribution is 2.44. The molecule has 1 aromatic heterocycles. The number of pyridine rings is 1. The van der Waals surface area contributed by atoms with Crippen LogP contribution in [0.15, 0.2) is 30.3 Å². The van der Waals surface area contributed by atoms with Crippen molar-refractivity contribution in [3.05, 3.63) is 57.6 Å². The largest absolute Gasteiger partial charge is 0.477 e. The van der Waals surface area contributed by atoms with Crippen molar-refractivity contribution < 1.29 is 19.4 Å². The third-order valence-corrected chi connectivity index (χ3v) is 6.23. The van der Waals surface area contributed by atoms with Gasteiger partial charge in [-0.3, -0.25) is 4.79 Å². The molecule has 30 heavy (non-hydrogen) atoms. The van der Waals surface area contributed by atoms with Crippen LogP contribution >= 0.6 is 11.6 Å². The van der Waals surface area contributed by atoms with Gasteiger partial charge in [0.05, 0.1) is 16.1 Å². The molecule has 0 unspecified atom stereocenters. The molecule has 2 aromatic carbocycles. The van der Waals surface area contributed by atoms with Crippen LogP contribution in [-0.4, -0.2) is 35.4 Å². The maximum Gasteiger partial charge on any atom is 0.342 e. The fourth-order valence-electron chi connectivity index (χ4n) is 4.57. The highest BCUT2D eigenvalue weighted by atomic mass is 35.5. The Labute approximate surface area is 178 Å². The number of aromatic nitrogens is 1. The zero-order valence-corrected chi connectivity index (χ0v) is 16.9. The van der Waals surface area contributed by atoms with Crippen LogP contribution in [0.25, 0.3) is 10.9 Å². The number of aryl methyl sites for hydroxylation is 1. The normalized spacial score (nSPS) is 15.0. The highest BCUT2D eigenvalue weighted by molar-refractivity contribution is 6.38. The molecule has 1 N–H and O–H groups in total. The number of halogens is 1. The summed E-state index contributed by atoms with van der Waals surface area (Å²) < 4.78 is 6.12. The van der Waals surface area contributed by atoms with Crippen molar-refractivity contribution in [2.24, 2.45) is 0 Å². The number of fused-ring (bicyclic) bond motifs is 1. The van der Waals surface area contributed by atoms with Crippen molar-refractivity contribution in [2.45, 2.75) is 25.7 Å². The molecule has 0 radical (unpaired) electrons. The van der Waals surface area contributed by atoms with E-state index in [2.05, 4.69) is 9.88 Å². The van der Waals surface area contributed by atoms with Crippen LogP contribution in [0.2, 0.25) is 5.02 Å². The van der Waals surface area contributed by atoms with Gasteiger partial charge in [0.15, 0.2) is 6.29 Å². The van der Waals surface area contributed by atoms with Crippen LogP contribution in [0.1, 0.15) is 44.7 Å². The first-order valence-corrected chi connectivity index (χ1v) is 10.3. The Kier molecular flexibility index (Phi) is 4.59. The molecule has 6 nitrogen and oxygen atoms in total. The molecule has 2 aliphatic rings. The molecule has 3 aromatic rings. The van der Waals surface area contributed by atoms with Crippen molar-refractivity contribution in [3.8, 4) is 11.6 Å². The van der Waals surface area contributed by atoms with E-state index in [-0.39, 0.29) is 16.5 Å². The molecule has 0 amide bonds. The summed E-state index contributed by atoms with van der Waals surface area (Å²) in [5, 5.41) is 10.4. The standard InChI is InChI=1S/C23H19ClN2O4/c24-19-15-6-1-2-8-17(15)25-22(18(19)23(28)29)30-21-14(12-27)11-13-5-3-9-26-10-4-7-16(21)20(13)26/h1-2,6,8,11-12H,3-5,7,9-10H2,(H,28,29). The number of carbonyl (C=O) groups is 2. The Morgan fingerprint density at radius 2 is 1.97 bits per heavy atom. The molecule has 7 heteroatoms. The Balaban J connectivity index is 1.73. The second kappa shape index (κ2) is 7.29. The summed E-state index contributed by atoms with van der Waals surface area (Å²) in [7, 11) is 0. The number of aromatic carboxylic acids is 1. The topological polar surface area (TPSA) is 79.7 Å². The molecule has 5 rings (SSSR count). The maximum atomic E-state index is 12.0. The number of carboxylic acid groups (broad SMARTS) is 1. The Hall–Kier alpha value is -3.12. The number of aldehydes is 1. The third-order valence-electron chi connectivity index (χ3n) is 5.84. The number of rotatable bonds is 4. The summed E-state index contributed by atoms with van der Waals surface area (Å²) >= 11 is 6.43. The summed E-state index contributed by atoms with van der Waals surface area (Å²) in [4.78, 5) is 30.7. The first-order valence-electron chi connectivity index (χ1n) is 9.96. The van der Waals surface area contributed by atoms with Crippen LogP contribution in [-0.2, 0) is 12.8 Å². The summed E-state index contributed by atoms with van der Waals surface area (Å²) in [5.41, 5.74) is 3.95. The lowest BCUT2D eigenvalue weighted by Gasteiger charge is -2.37. The average molecular weight is 423 g/mol. The number of nitrogens with zero attached hydrogens (tertiary/aromatic N) is 2. The molecule has 0 fully saturated rings. The van der Waals surface area contributed by atoms with Crippen molar-refractivity contribution >= 4 is 40.4 Å². The first kappa shape index (κ1) is 18.9. The monoisotopic (exact) mass is 422 g/mol. The number of benzene rings is 2. The summed E-state index contributed by atoms with van der Waals surface area (Å²) in [5.74, 6) is -0.940. The number of anilines is 1. The van der Waals surface area contributed by atoms with Crippen molar-refractivity contribution in [1.29, 1.82) is 0 Å². The molecule has 0 spiro atoms. The van der Waals surface area contributed by atoms with Crippen molar-refractivity contribution in [1.82, 2.24) is 4.98 Å². The predicted molar refractivity (Wildman–Crippen MR) is 114 cm³/mol. The van der Waals surface area contributed by atoms with Crippen LogP contribution in [0.3, 0.4) is 0 Å². The van der Waals surface area contributed by atoms with Gasteiger partial charge in [-0.1, -0.05) is 29.8 Å². The zero-order valence-electron chi connectivity index (χ0n) is 16.2. The van der Waals surface area contributed by atoms with Gasteiger partial charge in [-0.2, -0.15) is 0 Å². The number of ether oxygens (including phenoxy) is 1. The van der Waals surface area contributed by atoms with E-state index in [0.717, 1.165) is 61.9 Å². The van der Waals surface area contributed by atoms with E-state index in [4.69, 9.17) is 16.3 Å². The zero-order chi connectivity index (χ0) is 20.8. The van der Waals surface area contributed by atoms with Gasteiger partial charge in [-0.05, 0) is 43.4 Å². The maximum absolute atomic E-state index is 12.0. The number of hydrogen-bond acceptors (Lipinski definition) is 5. The van der Waals surface area contributed by atoms with Gasteiger partial charge in [0.1, 0.15) is 11.3 Å². The second-order valence-electron chi connectivity index (χ2n) is 7.62. The lowest BCUT2D eigenvalue weighted by atomic mass is 9.89. The first-order chi connectivity index (χ1) is 14.6. The minimum Gasteiger partial charge on any atom is -0.477 e. The Morgan fingerprint density at radius 3 is 2.73 bits per heavy atom. The second-order valence-corrected chi connectivity index (χ2v) is 8.00. The van der Waals surface area contributed by atoms with Crippen molar-refractivity contribution in [2.75, 3.05) is 18.0 Å². The number of hydrogen-bond donors (Lipinski definition) is 1. The smallest absolute Gasteiger partial charge is 0.342 e. The molecule has 152 valence electrons. The lowest BCUT2D eigenvalue weighted by Crippen LogP contribution is -2.34. The van der Waals surface area contributed by atoms with Gasteiger partial charge in [0.25, 0.3) is 0 Å². The number of carboxylic acids is 1. The van der Waals surface area contributed by atoms with Crippen LogP contribution in [0.4, 0.5) is 5.69 Å². The van der Waals surface area contributed by atoms with Gasteiger partial charge in [-0.25, -0.2) is 9.78 Å². The van der Waals surface area contributed by atoms with Crippen molar-refractivity contribution in [3.63, 3.8) is 0 Å². The van der Waals surface area contributed by atoms with E-state index in [9.17, 15) is 14.7 Å². The molecule has 0 aliphatic carbocycles. The van der Waals surface area contributed by atoms with Gasteiger partial charge >= 0.3 is 5.97 Å². The lowest BCUT2D eigenvalue weighted by molar-refractivity contribution is 0.0693. The Morgan fingerprint density at radius 1 is 1.20 bits per heavy atom. The summed E-state index contributed by atoms with van der Waals surface area (Å²) in [6, 6.07) is 8.90. The molecule has 0 bridgehead atoms. The van der Waals surface area contributed by atoms with E-state index in [1.807, 2.05) is 6.07 Å². The average Bonchev–Trinajstić information content (AvgIpc) is 2.75. The van der Waals surface area contributed by atoms with E-state index in [1.54, 1.807) is 24.3 Å². The number of carbonyl (C=O) groups excluding carboxylic acids is 1. The molecule has 0 saturated heterocycles. The summed E-state index contributed by atoms with van der Waals surface area (Å²) in [6.07, 6.45) is 4.45. The van der Waals surface area contributed by atoms with E-state index in [1.165, 1.54) is 0 Å². The molecule has 2 aliphatic heterocycles. The minimum atomic E-state index is -1.23. The van der Waals surface area contributed by atoms with Gasteiger partial charge in [0, 0.05) is 29.7 Å². The van der Waals surface area contributed by atoms with Gasteiger partial charge < -0.3 is 14.7 Å². The van der Waals surface area contributed by atoms with E-state index in [0.29, 0.717) is 22.2 Å². The number of para-hydroxylation sites is 1. The van der Waals surface area contributed by atoms with E-state index < -0.39 is 5.97 Å². The summed E-state index contributed by atoms with van der Waals surface area (Å²) in [6.45, 7) is 1.95. The molecular weight excluding hydrogens is 404 g/mol. The van der Waals surface area contributed by atoms with Gasteiger partial charge in [0.2, 0.25) is 5.88 Å².